The third-order valence-corrected chi connectivity index (χ3v) is 5.67. The molecule has 0 spiro atoms. The van der Waals surface area contributed by atoms with Crippen LogP contribution < -0.4 is 5.56 Å². The summed E-state index contributed by atoms with van der Waals surface area (Å²) >= 11 is 1.25. The van der Waals surface area contributed by atoms with Crippen LogP contribution in [0.2, 0.25) is 0 Å². The molecule has 1 amide bonds. The first-order chi connectivity index (χ1) is 14.2. The first-order valence-electron chi connectivity index (χ1n) is 9.08. The van der Waals surface area contributed by atoms with E-state index in [1.165, 1.54) is 17.8 Å². The van der Waals surface area contributed by atoms with Crippen LogP contribution in [0.5, 0.6) is 0 Å². The number of carbonyl (C=O) groups excluding carboxylic acids is 1. The fraction of sp³-hybridized carbons (Fsp3) is 0.263. The predicted octanol–water partition coefficient (Wildman–Crippen LogP) is 1.95. The lowest BCUT2D eigenvalue weighted by molar-refractivity contribution is 0.0793. The van der Waals surface area contributed by atoms with Crippen molar-refractivity contribution < 1.29 is 4.79 Å². The van der Waals surface area contributed by atoms with Crippen molar-refractivity contribution in [3.63, 3.8) is 0 Å². The number of likely N-dealkylation sites (tertiary alicyclic amines) is 1. The second-order valence-corrected chi connectivity index (χ2v) is 7.55. The monoisotopic (exact) mass is 407 g/mol. The molecular weight excluding hydrogens is 390 g/mol. The van der Waals surface area contributed by atoms with Gasteiger partial charge in [0.05, 0.1) is 16.3 Å². The Morgan fingerprint density at radius 2 is 2.10 bits per heavy atom. The van der Waals surface area contributed by atoms with Gasteiger partial charge in [-0.15, -0.1) is 10.2 Å². The molecule has 0 radical (unpaired) electrons. The van der Waals surface area contributed by atoms with E-state index in [-0.39, 0.29) is 11.5 Å². The number of amides is 1. The van der Waals surface area contributed by atoms with Gasteiger partial charge in [0, 0.05) is 30.3 Å². The number of nitrogens with zero attached hydrogens (tertiary/aromatic N) is 5. The van der Waals surface area contributed by atoms with Gasteiger partial charge >= 0.3 is 0 Å². The van der Waals surface area contributed by atoms with Gasteiger partial charge in [0.15, 0.2) is 5.82 Å². The number of nitrogens with one attached hydrogen (secondary N) is 2. The number of aromatic amines is 2. The number of tetrazole rings is 1. The van der Waals surface area contributed by atoms with E-state index in [1.54, 1.807) is 24.3 Å². The predicted molar refractivity (Wildman–Crippen MR) is 106 cm³/mol. The molecule has 0 aliphatic carbocycles. The van der Waals surface area contributed by atoms with Gasteiger partial charge in [-0.2, -0.15) is 10.5 Å². The average Bonchev–Trinajstić information content (AvgIpc) is 3.45. The number of pyridine rings is 1. The number of carbonyl (C=O) groups is 1. The van der Waals surface area contributed by atoms with Crippen molar-refractivity contribution in [3.05, 3.63) is 57.6 Å². The zero-order chi connectivity index (χ0) is 20.2. The van der Waals surface area contributed by atoms with E-state index in [2.05, 4.69) is 31.7 Å². The molecule has 10 heteroatoms. The van der Waals surface area contributed by atoms with E-state index in [9.17, 15) is 14.9 Å². The van der Waals surface area contributed by atoms with Crippen LogP contribution in [-0.2, 0) is 5.75 Å². The summed E-state index contributed by atoms with van der Waals surface area (Å²) in [7, 11) is 0. The lowest BCUT2D eigenvalue weighted by Gasteiger charge is -2.16. The molecule has 0 unspecified atom stereocenters. The quantitative estimate of drug-likeness (QED) is 0.618. The van der Waals surface area contributed by atoms with Gasteiger partial charge in [-0.25, -0.2) is 0 Å². The Hall–Kier alpha value is -3.45. The molecular formula is C19H17N7O2S. The van der Waals surface area contributed by atoms with Crippen LogP contribution in [-0.4, -0.2) is 49.5 Å². The standard InChI is InChI=1S/C19H17N7O2S/c20-10-15-14(9-17(27)21-18(15)29-11-16-22-24-25-23-16)12-4-3-5-13(8-12)19(28)26-6-1-2-7-26/h3-5,8-9H,1-2,6-7,11H2,(H,21,27)(H,22,23,24,25). The Bertz CT molecular complexity index is 1130. The van der Waals surface area contributed by atoms with Gasteiger partial charge in [0.25, 0.3) is 5.91 Å². The van der Waals surface area contributed by atoms with Crippen molar-refractivity contribution in [3.8, 4) is 17.2 Å². The number of benzene rings is 1. The molecule has 29 heavy (non-hydrogen) atoms. The van der Waals surface area contributed by atoms with E-state index < -0.39 is 0 Å². The second-order valence-electron chi connectivity index (χ2n) is 6.56. The Kier molecular flexibility index (Phi) is 5.39. The first kappa shape index (κ1) is 18.9. The summed E-state index contributed by atoms with van der Waals surface area (Å²) < 4.78 is 0. The third-order valence-electron chi connectivity index (χ3n) is 4.67. The number of H-pyrrole nitrogens is 2. The number of thioether (sulfide) groups is 1. The maximum absolute atomic E-state index is 12.7. The van der Waals surface area contributed by atoms with E-state index in [0.717, 1.165) is 25.9 Å². The maximum Gasteiger partial charge on any atom is 0.253 e. The summed E-state index contributed by atoms with van der Waals surface area (Å²) in [5.74, 6) is 0.778. The Balaban J connectivity index is 1.69. The highest BCUT2D eigenvalue weighted by atomic mass is 32.2. The fourth-order valence-electron chi connectivity index (χ4n) is 3.29. The van der Waals surface area contributed by atoms with Crippen LogP contribution in [0.1, 0.15) is 34.6 Å². The number of rotatable bonds is 5. The minimum Gasteiger partial charge on any atom is -0.339 e. The third kappa shape index (κ3) is 4.05. The second kappa shape index (κ2) is 8.28. The molecule has 9 nitrogen and oxygen atoms in total. The molecule has 3 aromatic rings. The minimum absolute atomic E-state index is 0.0283. The summed E-state index contributed by atoms with van der Waals surface area (Å²) in [6.45, 7) is 1.52. The highest BCUT2D eigenvalue weighted by Crippen LogP contribution is 2.30. The van der Waals surface area contributed by atoms with E-state index >= 15 is 0 Å². The fourth-order valence-corrected chi connectivity index (χ4v) is 4.15. The highest BCUT2D eigenvalue weighted by Gasteiger charge is 2.20. The molecule has 0 saturated carbocycles. The molecule has 2 aromatic heterocycles. The molecule has 1 aliphatic rings. The zero-order valence-corrected chi connectivity index (χ0v) is 16.2. The van der Waals surface area contributed by atoms with Crippen LogP contribution in [0.3, 0.4) is 0 Å². The summed E-state index contributed by atoms with van der Waals surface area (Å²) in [5, 5.41) is 23.8. The molecule has 0 bridgehead atoms. The molecule has 2 N–H and O–H groups in total. The molecule has 0 atom stereocenters. The van der Waals surface area contributed by atoms with E-state index in [0.29, 0.717) is 38.9 Å². The maximum atomic E-state index is 12.7. The lowest BCUT2D eigenvalue weighted by Crippen LogP contribution is -2.27. The summed E-state index contributed by atoms with van der Waals surface area (Å²) in [5.41, 5.74) is 1.70. The Labute approximate surface area is 170 Å². The van der Waals surface area contributed by atoms with E-state index in [4.69, 9.17) is 0 Å². The largest absolute Gasteiger partial charge is 0.339 e. The lowest BCUT2D eigenvalue weighted by atomic mass is 10.00. The van der Waals surface area contributed by atoms with Crippen LogP contribution in [0, 0.1) is 11.3 Å². The molecule has 1 saturated heterocycles. The SMILES string of the molecule is N#Cc1c(-c2cccc(C(=O)N3CCCC3)c2)cc(=O)[nH]c1SCc1nn[nH]n1. The molecule has 1 aromatic carbocycles. The Morgan fingerprint density at radius 1 is 1.28 bits per heavy atom. The number of hydrogen-bond acceptors (Lipinski definition) is 7. The first-order valence-corrected chi connectivity index (χ1v) is 10.1. The van der Waals surface area contributed by atoms with Gasteiger partial charge in [-0.3, -0.25) is 9.59 Å². The van der Waals surface area contributed by atoms with Crippen molar-refractivity contribution in [2.45, 2.75) is 23.6 Å². The van der Waals surface area contributed by atoms with Crippen LogP contribution in [0.4, 0.5) is 0 Å². The van der Waals surface area contributed by atoms with Crippen LogP contribution in [0.25, 0.3) is 11.1 Å². The van der Waals surface area contributed by atoms with Crippen LogP contribution >= 0.6 is 11.8 Å². The number of hydrogen-bond donors (Lipinski definition) is 2. The van der Waals surface area contributed by atoms with Crippen molar-refractivity contribution in [1.82, 2.24) is 30.5 Å². The van der Waals surface area contributed by atoms with Gasteiger partial charge in [-0.1, -0.05) is 29.1 Å². The molecule has 1 fully saturated rings. The van der Waals surface area contributed by atoms with Crippen molar-refractivity contribution in [2.75, 3.05) is 13.1 Å². The normalized spacial score (nSPS) is 13.4. The zero-order valence-electron chi connectivity index (χ0n) is 15.4. The highest BCUT2D eigenvalue weighted by molar-refractivity contribution is 7.98. The summed E-state index contributed by atoms with van der Waals surface area (Å²) in [4.78, 5) is 29.5. The van der Waals surface area contributed by atoms with Gasteiger partial charge < -0.3 is 9.88 Å². The van der Waals surface area contributed by atoms with E-state index in [1.807, 2.05) is 4.90 Å². The van der Waals surface area contributed by atoms with Gasteiger partial charge in [0.2, 0.25) is 5.56 Å². The number of aromatic nitrogens is 5. The average molecular weight is 407 g/mol. The topological polar surface area (TPSA) is 131 Å². The molecule has 4 rings (SSSR count). The summed E-state index contributed by atoms with van der Waals surface area (Å²) in [6, 6.07) is 10.6. The number of nitriles is 1. The van der Waals surface area contributed by atoms with Crippen LogP contribution in [0.15, 0.2) is 40.2 Å². The van der Waals surface area contributed by atoms with Crippen molar-refractivity contribution >= 4 is 17.7 Å². The smallest absolute Gasteiger partial charge is 0.253 e. The minimum atomic E-state index is -0.328. The molecule has 146 valence electrons. The molecule has 3 heterocycles. The van der Waals surface area contributed by atoms with Gasteiger partial charge in [0.1, 0.15) is 6.07 Å². The van der Waals surface area contributed by atoms with Crippen molar-refractivity contribution in [1.29, 1.82) is 5.26 Å². The Morgan fingerprint density at radius 3 is 2.83 bits per heavy atom. The molecule has 1 aliphatic heterocycles. The van der Waals surface area contributed by atoms with Crippen molar-refractivity contribution in [2.24, 2.45) is 0 Å². The van der Waals surface area contributed by atoms with Gasteiger partial charge in [-0.05, 0) is 30.5 Å². The summed E-state index contributed by atoms with van der Waals surface area (Å²) in [6.07, 6.45) is 2.03.